The minimum atomic E-state index is -1.41. The van der Waals surface area contributed by atoms with Gasteiger partial charge in [-0.1, -0.05) is 13.3 Å². The van der Waals surface area contributed by atoms with Crippen LogP contribution < -0.4 is 38.1 Å². The molecule has 0 atom stereocenters. The molecule has 0 aromatic heterocycles. The highest BCUT2D eigenvalue weighted by molar-refractivity contribution is 6.71. The summed E-state index contributed by atoms with van der Waals surface area (Å²) in [4.78, 5) is 0. The number of nitrogens with one attached hydrogen (secondary N) is 5. The Morgan fingerprint density at radius 1 is 0.674 bits per heavy atom. The van der Waals surface area contributed by atoms with E-state index in [1.807, 2.05) is 7.11 Å². The molecule has 0 amide bonds. The van der Waals surface area contributed by atoms with Gasteiger partial charge in [0.05, 0.1) is 6.10 Å². The van der Waals surface area contributed by atoms with E-state index in [4.69, 9.17) is 20.6 Å². The maximum Gasteiger partial charge on any atom is 0.186 e. The third-order valence-corrected chi connectivity index (χ3v) is 11.4. The SMILES string of the molecule is CCCCNC1CC(C)(C)NC(C)(C)C1.CO[Si](C)(C)CCCOC1CC(C)(C)NC(C)(C)C1.NCCCNCCNCCCN. The summed E-state index contributed by atoms with van der Waals surface area (Å²) in [6, 6.07) is 1.86. The van der Waals surface area contributed by atoms with E-state index >= 15 is 0 Å². The molecule has 278 valence electrons. The van der Waals surface area contributed by atoms with E-state index in [9.17, 15) is 0 Å². The molecule has 2 aliphatic rings. The first kappa shape index (κ1) is 45.9. The van der Waals surface area contributed by atoms with Crippen LogP contribution in [0.5, 0.6) is 0 Å². The molecule has 0 aliphatic carbocycles. The molecule has 10 heteroatoms. The third-order valence-electron chi connectivity index (χ3n) is 8.73. The van der Waals surface area contributed by atoms with Gasteiger partial charge in [-0.3, -0.25) is 0 Å². The number of hydrogen-bond donors (Lipinski definition) is 7. The lowest BCUT2D eigenvalue weighted by atomic mass is 9.79. The van der Waals surface area contributed by atoms with Crippen LogP contribution in [0.1, 0.15) is 120 Å². The fraction of sp³-hybridized carbons (Fsp3) is 1.00. The number of hydrogen-bond acceptors (Lipinski definition) is 9. The zero-order chi connectivity index (χ0) is 35.3. The van der Waals surface area contributed by atoms with Crippen molar-refractivity contribution < 1.29 is 9.16 Å². The van der Waals surface area contributed by atoms with Crippen LogP contribution in [0.15, 0.2) is 0 Å². The van der Waals surface area contributed by atoms with Crippen LogP contribution in [0, 0.1) is 0 Å². The lowest BCUT2D eigenvalue weighted by Crippen LogP contribution is -2.61. The second-order valence-corrected chi connectivity index (χ2v) is 21.4. The number of rotatable bonds is 19. The second-order valence-electron chi connectivity index (χ2n) is 17.0. The maximum atomic E-state index is 6.12. The van der Waals surface area contributed by atoms with E-state index in [0.29, 0.717) is 12.1 Å². The minimum absolute atomic E-state index is 0.174. The Morgan fingerprint density at radius 3 is 1.54 bits per heavy atom. The molecule has 9 N–H and O–H groups in total. The number of ether oxygens (including phenoxy) is 1. The highest BCUT2D eigenvalue weighted by Gasteiger charge is 2.38. The molecule has 0 aromatic rings. The number of nitrogens with two attached hydrogens (primary N) is 2. The first-order valence-electron chi connectivity index (χ1n) is 18.6. The molecule has 2 rings (SSSR count). The minimum Gasteiger partial charge on any atom is -0.420 e. The van der Waals surface area contributed by atoms with Crippen LogP contribution >= 0.6 is 0 Å². The largest absolute Gasteiger partial charge is 0.420 e. The summed E-state index contributed by atoms with van der Waals surface area (Å²) >= 11 is 0. The van der Waals surface area contributed by atoms with E-state index < -0.39 is 8.32 Å². The fourth-order valence-corrected chi connectivity index (χ4v) is 8.23. The Morgan fingerprint density at radius 2 is 1.13 bits per heavy atom. The van der Waals surface area contributed by atoms with Crippen molar-refractivity contribution in [1.29, 1.82) is 0 Å². The van der Waals surface area contributed by atoms with Gasteiger partial charge in [0.2, 0.25) is 0 Å². The number of unbranched alkanes of at least 4 members (excludes halogenated alkanes) is 1. The van der Waals surface area contributed by atoms with Gasteiger partial charge in [0.15, 0.2) is 8.32 Å². The average molecular weight is 674 g/mol. The van der Waals surface area contributed by atoms with Gasteiger partial charge in [-0.05, 0) is 159 Å². The van der Waals surface area contributed by atoms with Gasteiger partial charge in [-0.15, -0.1) is 0 Å². The fourth-order valence-electron chi connectivity index (χ4n) is 7.03. The smallest absolute Gasteiger partial charge is 0.186 e. The molecule has 0 saturated carbocycles. The highest BCUT2D eigenvalue weighted by Crippen LogP contribution is 2.31. The number of piperidine rings is 2. The zero-order valence-corrected chi connectivity index (χ0v) is 33.9. The van der Waals surface area contributed by atoms with E-state index in [2.05, 4.69) is 102 Å². The lowest BCUT2D eigenvalue weighted by Gasteiger charge is -2.46. The van der Waals surface area contributed by atoms with Crippen molar-refractivity contribution in [3.8, 4) is 0 Å². The summed E-state index contributed by atoms with van der Waals surface area (Å²) in [5.74, 6) is 0. The van der Waals surface area contributed by atoms with Gasteiger partial charge in [-0.2, -0.15) is 0 Å². The van der Waals surface area contributed by atoms with Crippen molar-refractivity contribution in [2.75, 3.05) is 59.5 Å². The molecule has 2 aliphatic heterocycles. The summed E-state index contributed by atoms with van der Waals surface area (Å²) in [7, 11) is 0.425. The Bertz CT molecular complexity index is 708. The molecule has 2 heterocycles. The molecule has 0 spiro atoms. The normalized spacial score (nSPS) is 20.7. The van der Waals surface area contributed by atoms with Crippen LogP contribution in [0.4, 0.5) is 0 Å². The predicted molar refractivity (Wildman–Crippen MR) is 204 cm³/mol. The van der Waals surface area contributed by atoms with Gasteiger partial charge < -0.3 is 47.2 Å². The quantitative estimate of drug-likeness (QED) is 0.0740. The van der Waals surface area contributed by atoms with Gasteiger partial charge >= 0.3 is 0 Å². The average Bonchev–Trinajstić information content (AvgIpc) is 2.90. The topological polar surface area (TPSA) is 131 Å². The zero-order valence-electron chi connectivity index (χ0n) is 32.9. The van der Waals surface area contributed by atoms with E-state index in [1.54, 1.807) is 0 Å². The molecule has 0 radical (unpaired) electrons. The van der Waals surface area contributed by atoms with Crippen molar-refractivity contribution in [3.63, 3.8) is 0 Å². The van der Waals surface area contributed by atoms with E-state index in [1.165, 1.54) is 38.3 Å². The van der Waals surface area contributed by atoms with Gasteiger partial charge in [-0.25, -0.2) is 0 Å². The van der Waals surface area contributed by atoms with Gasteiger partial charge in [0.1, 0.15) is 0 Å². The summed E-state index contributed by atoms with van der Waals surface area (Å²) < 4.78 is 11.7. The van der Waals surface area contributed by atoms with Crippen LogP contribution in [0.25, 0.3) is 0 Å². The Hall–Kier alpha value is -0.143. The van der Waals surface area contributed by atoms with Crippen LogP contribution in [-0.4, -0.2) is 102 Å². The molecular formula is C36H83N7O2Si. The first-order chi connectivity index (χ1) is 21.3. The predicted octanol–water partition coefficient (Wildman–Crippen LogP) is 5.10. The van der Waals surface area contributed by atoms with Crippen molar-refractivity contribution >= 4 is 8.32 Å². The van der Waals surface area contributed by atoms with Crippen molar-refractivity contribution in [3.05, 3.63) is 0 Å². The van der Waals surface area contributed by atoms with Crippen LogP contribution in [-0.2, 0) is 9.16 Å². The summed E-state index contributed by atoms with van der Waals surface area (Å²) in [5, 5.41) is 17.7. The molecule has 2 fully saturated rings. The van der Waals surface area contributed by atoms with Crippen molar-refractivity contribution in [2.45, 2.75) is 174 Å². The van der Waals surface area contributed by atoms with Crippen molar-refractivity contribution in [1.82, 2.24) is 26.6 Å². The molecule has 0 unspecified atom stereocenters. The monoisotopic (exact) mass is 674 g/mol. The third kappa shape index (κ3) is 24.9. The molecule has 9 nitrogen and oxygen atoms in total. The molecule has 0 bridgehead atoms. The Balaban J connectivity index is 0.000000680. The molecular weight excluding hydrogens is 591 g/mol. The molecule has 2 saturated heterocycles. The first-order valence-corrected chi connectivity index (χ1v) is 21.7. The molecule has 46 heavy (non-hydrogen) atoms. The lowest BCUT2D eigenvalue weighted by molar-refractivity contribution is -0.0215. The van der Waals surface area contributed by atoms with Crippen molar-refractivity contribution in [2.24, 2.45) is 11.5 Å². The van der Waals surface area contributed by atoms with Gasteiger partial charge in [0.25, 0.3) is 0 Å². The molecule has 0 aromatic carbocycles. The second kappa shape index (κ2) is 23.3. The summed E-state index contributed by atoms with van der Waals surface area (Å²) in [6.07, 6.45) is 10.9. The summed E-state index contributed by atoms with van der Waals surface area (Å²) in [5.41, 5.74) is 11.6. The standard InChI is InChI=1S/C15H33NO2Si.C13H28N2.C8H22N4/c1-14(2)11-13(12-15(3,4)16-14)18-9-8-10-19(6,7)17-5;1-6-7-8-14-11-9-12(2,3)15-13(4,5)10-11;9-3-1-5-11-7-8-12-6-2-4-10/h13,16H,8-12H2,1-7H3;11,14-15H,6-10H2,1-5H3;11-12H,1-10H2. The van der Waals surface area contributed by atoms with Crippen LogP contribution in [0.2, 0.25) is 19.1 Å². The highest BCUT2D eigenvalue weighted by atomic mass is 28.4. The van der Waals surface area contributed by atoms with E-state index in [-0.39, 0.29) is 22.2 Å². The summed E-state index contributed by atoms with van der Waals surface area (Å²) in [6.45, 7) is 32.8. The Kier molecular flexibility index (Phi) is 23.2. The maximum absolute atomic E-state index is 6.12. The van der Waals surface area contributed by atoms with Crippen LogP contribution in [0.3, 0.4) is 0 Å². The Labute approximate surface area is 288 Å². The van der Waals surface area contributed by atoms with Gasteiger partial charge in [0, 0.05) is 55.0 Å². The van der Waals surface area contributed by atoms with E-state index in [0.717, 1.165) is 78.0 Å².